The van der Waals surface area contributed by atoms with Gasteiger partial charge in [-0.1, -0.05) is 0 Å². The van der Waals surface area contributed by atoms with Gasteiger partial charge in [0.2, 0.25) is 9.84 Å². The predicted octanol–water partition coefficient (Wildman–Crippen LogP) is 0.692. The second-order valence-electron chi connectivity index (χ2n) is 7.45. The normalized spacial score (nSPS) is 18.6. The number of hydrogen-bond acceptors (Lipinski definition) is 8. The first kappa shape index (κ1) is 24.4. The number of benzene rings is 1. The molecule has 1 fully saturated rings. The molecule has 172 valence electrons. The maximum Gasteiger partial charge on any atom is 0.215 e. The molecule has 0 bridgehead atoms. The molecule has 12 heteroatoms. The van der Waals surface area contributed by atoms with Gasteiger partial charge in [0, 0.05) is 60.1 Å². The van der Waals surface area contributed by atoms with Crippen LogP contribution >= 0.6 is 11.3 Å². The summed E-state index contributed by atoms with van der Waals surface area (Å²) in [7, 11) is -9.51. The SMILES string of the molecule is C=S(C)(=O)N1CCN(CCS(=O)(=O)c2ccc(S(=O)(=O)c3ccc(CN)s3)cc2)CC1. The van der Waals surface area contributed by atoms with Gasteiger partial charge in [-0.3, -0.25) is 9.11 Å². The van der Waals surface area contributed by atoms with Crippen LogP contribution < -0.4 is 5.73 Å². The summed E-state index contributed by atoms with van der Waals surface area (Å²) in [5.41, 5.74) is 5.55. The Morgan fingerprint density at radius 2 is 1.52 bits per heavy atom. The summed E-state index contributed by atoms with van der Waals surface area (Å²) >= 11 is 1.11. The Bertz CT molecular complexity index is 1230. The quantitative estimate of drug-likeness (QED) is 0.525. The van der Waals surface area contributed by atoms with Crippen molar-refractivity contribution >= 4 is 46.6 Å². The van der Waals surface area contributed by atoms with Crippen LogP contribution in [0, 0.1) is 0 Å². The largest absolute Gasteiger partial charge is 0.326 e. The van der Waals surface area contributed by atoms with E-state index < -0.39 is 29.4 Å². The van der Waals surface area contributed by atoms with Crippen molar-refractivity contribution in [3.63, 3.8) is 0 Å². The first-order chi connectivity index (χ1) is 14.4. The monoisotopic (exact) mass is 505 g/mol. The Balaban J connectivity index is 1.65. The molecule has 2 N–H and O–H groups in total. The van der Waals surface area contributed by atoms with Gasteiger partial charge in [-0.15, -0.1) is 11.3 Å². The molecule has 0 radical (unpaired) electrons. The Morgan fingerprint density at radius 3 is 2.03 bits per heavy atom. The molecular formula is C19H27N3O5S4. The second kappa shape index (κ2) is 9.30. The lowest BCUT2D eigenvalue weighted by atomic mass is 10.4. The highest BCUT2D eigenvalue weighted by atomic mass is 32.2. The smallest absolute Gasteiger partial charge is 0.215 e. The summed E-state index contributed by atoms with van der Waals surface area (Å²) in [5, 5.41) is 0. The van der Waals surface area contributed by atoms with Crippen LogP contribution in [0.2, 0.25) is 0 Å². The minimum atomic E-state index is -3.71. The molecule has 1 aliphatic heterocycles. The van der Waals surface area contributed by atoms with E-state index in [1.807, 2.05) is 9.21 Å². The van der Waals surface area contributed by atoms with E-state index in [1.165, 1.54) is 30.3 Å². The van der Waals surface area contributed by atoms with Gasteiger partial charge in [0.1, 0.15) is 4.21 Å². The molecule has 31 heavy (non-hydrogen) atoms. The molecule has 3 rings (SSSR count). The van der Waals surface area contributed by atoms with E-state index in [4.69, 9.17) is 5.73 Å². The number of piperazine rings is 1. The standard InChI is InChI=1S/C19H27N3O5S4/c1-29(2,23)22-11-9-21(10-12-22)13-14-30(24,25)17-4-6-18(7-5-17)31(26,27)19-8-3-16(15-20)28-19/h3-8H,1,9-15,20H2,2H3. The number of nitrogens with zero attached hydrogens (tertiary/aromatic N) is 2. The predicted molar refractivity (Wildman–Crippen MR) is 125 cm³/mol. The molecule has 1 aliphatic rings. The lowest BCUT2D eigenvalue weighted by molar-refractivity contribution is 0.201. The summed E-state index contributed by atoms with van der Waals surface area (Å²) < 4.78 is 64.9. The Labute approximate surface area is 188 Å². The number of rotatable bonds is 8. The molecule has 2 heterocycles. The van der Waals surface area contributed by atoms with Crippen LogP contribution in [0.4, 0.5) is 0 Å². The number of nitrogens with two attached hydrogens (primary N) is 1. The third-order valence-corrected chi connectivity index (χ3v) is 11.7. The van der Waals surface area contributed by atoms with Gasteiger partial charge in [-0.05, 0) is 42.3 Å². The van der Waals surface area contributed by atoms with Gasteiger partial charge < -0.3 is 5.73 Å². The molecule has 1 atom stereocenters. The van der Waals surface area contributed by atoms with E-state index in [0.29, 0.717) is 32.7 Å². The maximum atomic E-state index is 12.7. The molecule has 0 saturated carbocycles. The molecule has 0 aliphatic carbocycles. The average Bonchev–Trinajstić information content (AvgIpc) is 3.22. The minimum absolute atomic E-state index is 0.0457. The van der Waals surface area contributed by atoms with Crippen molar-refractivity contribution in [3.05, 3.63) is 41.3 Å². The second-order valence-corrected chi connectivity index (χ2v) is 15.3. The van der Waals surface area contributed by atoms with Crippen molar-refractivity contribution in [2.45, 2.75) is 20.5 Å². The van der Waals surface area contributed by atoms with Crippen LogP contribution in [0.1, 0.15) is 4.88 Å². The first-order valence-corrected chi connectivity index (χ1v) is 15.6. The van der Waals surface area contributed by atoms with E-state index >= 15 is 0 Å². The molecule has 8 nitrogen and oxygen atoms in total. The highest BCUT2D eigenvalue weighted by Crippen LogP contribution is 2.28. The summed E-state index contributed by atoms with van der Waals surface area (Å²) in [6, 6.07) is 8.52. The molecule has 0 spiro atoms. The van der Waals surface area contributed by atoms with E-state index in [2.05, 4.69) is 5.87 Å². The zero-order valence-electron chi connectivity index (χ0n) is 17.3. The fourth-order valence-electron chi connectivity index (χ4n) is 3.26. The van der Waals surface area contributed by atoms with Crippen LogP contribution in [-0.2, 0) is 35.9 Å². The van der Waals surface area contributed by atoms with Crippen LogP contribution in [0.15, 0.2) is 50.4 Å². The van der Waals surface area contributed by atoms with Crippen LogP contribution in [0.25, 0.3) is 0 Å². The summed E-state index contributed by atoms with van der Waals surface area (Å²) in [6.07, 6.45) is 1.60. The van der Waals surface area contributed by atoms with Crippen molar-refractivity contribution in [3.8, 4) is 0 Å². The van der Waals surface area contributed by atoms with Crippen LogP contribution in [0.5, 0.6) is 0 Å². The molecule has 1 saturated heterocycles. The molecular weight excluding hydrogens is 478 g/mol. The van der Waals surface area contributed by atoms with Crippen molar-refractivity contribution in [1.29, 1.82) is 0 Å². The van der Waals surface area contributed by atoms with E-state index in [9.17, 15) is 21.0 Å². The first-order valence-electron chi connectivity index (χ1n) is 9.60. The van der Waals surface area contributed by atoms with Crippen molar-refractivity contribution < 1.29 is 21.0 Å². The summed E-state index contributed by atoms with van der Waals surface area (Å²) in [6.45, 7) is 3.03. The Hall–Kier alpha value is -1.28. The van der Waals surface area contributed by atoms with Gasteiger partial charge >= 0.3 is 0 Å². The van der Waals surface area contributed by atoms with Crippen molar-refractivity contribution in [2.75, 3.05) is 44.7 Å². The lowest BCUT2D eigenvalue weighted by Gasteiger charge is -2.35. The van der Waals surface area contributed by atoms with E-state index in [1.54, 1.807) is 12.3 Å². The van der Waals surface area contributed by atoms with Crippen LogP contribution in [-0.4, -0.2) is 80.9 Å². The van der Waals surface area contributed by atoms with Gasteiger partial charge in [0.25, 0.3) is 0 Å². The molecule has 1 aromatic heterocycles. The molecule has 1 aromatic carbocycles. The third kappa shape index (κ3) is 5.75. The summed E-state index contributed by atoms with van der Waals surface area (Å²) in [4.78, 5) is 2.91. The zero-order chi connectivity index (χ0) is 22.9. The number of thiophene rings is 1. The fraction of sp³-hybridized carbons (Fsp3) is 0.421. The van der Waals surface area contributed by atoms with Gasteiger partial charge in [-0.2, -0.15) is 0 Å². The highest BCUT2D eigenvalue weighted by Gasteiger charge is 2.24. The zero-order valence-corrected chi connectivity index (χ0v) is 20.5. The molecule has 1 unspecified atom stereocenters. The Kier molecular flexibility index (Phi) is 7.31. The van der Waals surface area contributed by atoms with E-state index in [-0.39, 0.29) is 26.3 Å². The van der Waals surface area contributed by atoms with Crippen LogP contribution in [0.3, 0.4) is 0 Å². The maximum absolute atomic E-state index is 12.7. The van der Waals surface area contributed by atoms with E-state index in [0.717, 1.165) is 16.2 Å². The number of sulfone groups is 2. The third-order valence-electron chi connectivity index (χ3n) is 5.15. The van der Waals surface area contributed by atoms with Gasteiger partial charge in [-0.25, -0.2) is 21.1 Å². The molecule has 2 aromatic rings. The number of hydrogen-bond donors (Lipinski definition) is 1. The lowest BCUT2D eigenvalue weighted by Crippen LogP contribution is -2.49. The Morgan fingerprint density at radius 1 is 0.935 bits per heavy atom. The van der Waals surface area contributed by atoms with Gasteiger partial charge in [0.05, 0.1) is 15.5 Å². The summed E-state index contributed by atoms with van der Waals surface area (Å²) in [5.74, 6) is 3.61. The average molecular weight is 506 g/mol. The van der Waals surface area contributed by atoms with Crippen molar-refractivity contribution in [2.24, 2.45) is 5.73 Å². The fourth-order valence-corrected chi connectivity index (χ4v) is 8.12. The topological polar surface area (TPSA) is 118 Å². The van der Waals surface area contributed by atoms with Gasteiger partial charge in [0.15, 0.2) is 9.84 Å². The molecule has 0 amide bonds. The highest BCUT2D eigenvalue weighted by molar-refractivity contribution is 7.97. The minimum Gasteiger partial charge on any atom is -0.326 e. The van der Waals surface area contributed by atoms with Crippen molar-refractivity contribution in [1.82, 2.24) is 9.21 Å².